The molecule has 2 aromatic carbocycles. The maximum Gasteiger partial charge on any atom is 0.295 e. The predicted molar refractivity (Wildman–Crippen MR) is 141 cm³/mol. The summed E-state index contributed by atoms with van der Waals surface area (Å²) < 4.78 is 16.3. The number of ether oxygens (including phenoxy) is 3. The van der Waals surface area contributed by atoms with Crippen LogP contribution in [0.1, 0.15) is 29.2 Å². The van der Waals surface area contributed by atoms with Gasteiger partial charge in [0.2, 0.25) is 0 Å². The first-order chi connectivity index (χ1) is 17.9. The van der Waals surface area contributed by atoms with E-state index in [9.17, 15) is 14.7 Å². The molecule has 8 heteroatoms. The summed E-state index contributed by atoms with van der Waals surface area (Å²) >= 11 is 0. The number of carbonyl (C=O) groups excluding carboxylic acids is 2. The Kier molecular flexibility index (Phi) is 8.63. The quantitative estimate of drug-likeness (QED) is 0.227. The van der Waals surface area contributed by atoms with E-state index in [0.717, 1.165) is 30.8 Å². The molecule has 4 rings (SSSR count). The molecule has 2 aliphatic rings. The highest BCUT2D eigenvalue weighted by Gasteiger charge is 2.46. The Morgan fingerprint density at radius 3 is 2.46 bits per heavy atom. The number of hydrogen-bond acceptors (Lipinski definition) is 7. The number of nitrogens with zero attached hydrogens (tertiary/aromatic N) is 2. The van der Waals surface area contributed by atoms with Crippen molar-refractivity contribution in [3.8, 4) is 11.5 Å². The maximum absolute atomic E-state index is 13.3. The van der Waals surface area contributed by atoms with E-state index in [1.54, 1.807) is 48.4 Å². The standard InChI is InChI=1S/C29H34N2O6/c1-4-16-37-23-10-11-24(20(2)19-23)27(32)25-26(21-6-8-22(35-3)9-7-21)31(29(34)28(25)33)13-5-12-30-14-17-36-18-15-30/h4,6-11,19,26,32H,1,5,12-18H2,2-3H3/t26-/m1/s1. The van der Waals surface area contributed by atoms with Crippen molar-refractivity contribution in [1.82, 2.24) is 9.80 Å². The molecule has 1 N–H and O–H groups in total. The number of aliphatic hydroxyl groups excluding tert-OH is 1. The zero-order chi connectivity index (χ0) is 26.4. The van der Waals surface area contributed by atoms with E-state index >= 15 is 0 Å². The van der Waals surface area contributed by atoms with Gasteiger partial charge in [-0.2, -0.15) is 0 Å². The van der Waals surface area contributed by atoms with Gasteiger partial charge in [0, 0.05) is 31.7 Å². The fourth-order valence-corrected chi connectivity index (χ4v) is 4.82. The van der Waals surface area contributed by atoms with Crippen LogP contribution in [0.15, 0.2) is 60.7 Å². The first-order valence-electron chi connectivity index (χ1n) is 12.5. The summed E-state index contributed by atoms with van der Waals surface area (Å²) in [5, 5.41) is 11.4. The van der Waals surface area contributed by atoms with Gasteiger partial charge in [-0.15, -0.1) is 0 Å². The van der Waals surface area contributed by atoms with Crippen LogP contribution < -0.4 is 9.47 Å². The van der Waals surface area contributed by atoms with Crippen molar-refractivity contribution < 1.29 is 28.9 Å². The van der Waals surface area contributed by atoms with Crippen molar-refractivity contribution in [1.29, 1.82) is 0 Å². The molecule has 0 unspecified atom stereocenters. The Bertz CT molecular complexity index is 1170. The van der Waals surface area contributed by atoms with Gasteiger partial charge in [-0.25, -0.2) is 0 Å². The summed E-state index contributed by atoms with van der Waals surface area (Å²) in [5.41, 5.74) is 2.03. The number of ketones is 1. The third kappa shape index (κ3) is 5.87. The molecule has 0 bridgehead atoms. The van der Waals surface area contributed by atoms with Crippen molar-refractivity contribution in [2.45, 2.75) is 19.4 Å². The third-order valence-electron chi connectivity index (χ3n) is 6.77. The molecule has 0 aliphatic carbocycles. The van der Waals surface area contributed by atoms with Crippen molar-refractivity contribution in [3.63, 3.8) is 0 Å². The lowest BCUT2D eigenvalue weighted by molar-refractivity contribution is -0.140. The molecular formula is C29H34N2O6. The average Bonchev–Trinajstić information content (AvgIpc) is 3.17. The minimum Gasteiger partial charge on any atom is -0.507 e. The van der Waals surface area contributed by atoms with Gasteiger partial charge in [0.05, 0.1) is 31.9 Å². The summed E-state index contributed by atoms with van der Waals surface area (Å²) in [6.45, 7) is 10.1. The number of carbonyl (C=O) groups is 2. The molecule has 0 spiro atoms. The number of morpholine rings is 1. The molecule has 37 heavy (non-hydrogen) atoms. The number of aliphatic hydroxyl groups is 1. The van der Waals surface area contributed by atoms with E-state index in [4.69, 9.17) is 14.2 Å². The highest BCUT2D eigenvalue weighted by atomic mass is 16.5. The Balaban J connectivity index is 1.68. The molecule has 1 amide bonds. The lowest BCUT2D eigenvalue weighted by atomic mass is 9.93. The van der Waals surface area contributed by atoms with Gasteiger partial charge in [-0.3, -0.25) is 14.5 Å². The summed E-state index contributed by atoms with van der Waals surface area (Å²) in [6.07, 6.45) is 2.35. The van der Waals surface area contributed by atoms with E-state index in [2.05, 4.69) is 11.5 Å². The maximum atomic E-state index is 13.3. The number of rotatable bonds is 10. The van der Waals surface area contributed by atoms with Crippen LogP contribution in [0.5, 0.6) is 11.5 Å². The number of methoxy groups -OCH3 is 1. The van der Waals surface area contributed by atoms with Crippen LogP contribution in [0.4, 0.5) is 0 Å². The Hall–Kier alpha value is -3.62. The molecule has 8 nitrogen and oxygen atoms in total. The van der Waals surface area contributed by atoms with Crippen LogP contribution in [0, 0.1) is 6.92 Å². The second-order valence-electron chi connectivity index (χ2n) is 9.15. The van der Waals surface area contributed by atoms with Gasteiger partial charge in [0.1, 0.15) is 23.9 Å². The largest absolute Gasteiger partial charge is 0.507 e. The highest BCUT2D eigenvalue weighted by Crippen LogP contribution is 2.40. The molecule has 2 fully saturated rings. The van der Waals surface area contributed by atoms with Crippen LogP contribution in [0.3, 0.4) is 0 Å². The zero-order valence-electron chi connectivity index (χ0n) is 21.4. The molecular weight excluding hydrogens is 472 g/mol. The van der Waals surface area contributed by atoms with Crippen LogP contribution in [0.2, 0.25) is 0 Å². The summed E-state index contributed by atoms with van der Waals surface area (Å²) in [7, 11) is 1.58. The van der Waals surface area contributed by atoms with Crippen LogP contribution in [0.25, 0.3) is 5.76 Å². The number of hydrogen-bond donors (Lipinski definition) is 1. The summed E-state index contributed by atoms with van der Waals surface area (Å²) in [5.74, 6) is -0.185. The fourth-order valence-electron chi connectivity index (χ4n) is 4.82. The molecule has 1 atom stereocenters. The smallest absolute Gasteiger partial charge is 0.295 e. The van der Waals surface area contributed by atoms with Gasteiger partial charge >= 0.3 is 0 Å². The predicted octanol–water partition coefficient (Wildman–Crippen LogP) is 3.71. The highest BCUT2D eigenvalue weighted by molar-refractivity contribution is 6.46. The number of amides is 1. The van der Waals surface area contributed by atoms with E-state index < -0.39 is 17.7 Å². The van der Waals surface area contributed by atoms with Gasteiger partial charge in [0.15, 0.2) is 0 Å². The first kappa shape index (κ1) is 26.4. The normalized spacial score (nSPS) is 19.7. The fraction of sp³-hybridized carbons (Fsp3) is 0.379. The minimum atomic E-state index is -0.702. The molecule has 0 radical (unpaired) electrons. The van der Waals surface area contributed by atoms with Crippen molar-refractivity contribution in [3.05, 3.63) is 77.4 Å². The molecule has 2 saturated heterocycles. The Morgan fingerprint density at radius 2 is 1.81 bits per heavy atom. The molecule has 196 valence electrons. The minimum absolute atomic E-state index is 0.0874. The molecule has 0 aromatic heterocycles. The van der Waals surface area contributed by atoms with E-state index in [1.807, 2.05) is 19.1 Å². The summed E-state index contributed by atoms with van der Waals surface area (Å²) in [4.78, 5) is 30.4. The third-order valence-corrected chi connectivity index (χ3v) is 6.77. The lowest BCUT2D eigenvalue weighted by Crippen LogP contribution is -2.38. The molecule has 2 aromatic rings. The van der Waals surface area contributed by atoms with Crippen LogP contribution >= 0.6 is 0 Å². The van der Waals surface area contributed by atoms with Crippen molar-refractivity contribution in [2.75, 3.05) is 53.1 Å². The van der Waals surface area contributed by atoms with Gasteiger partial charge < -0.3 is 24.2 Å². The first-order valence-corrected chi connectivity index (χ1v) is 12.5. The van der Waals surface area contributed by atoms with Crippen LogP contribution in [-0.2, 0) is 14.3 Å². The lowest BCUT2D eigenvalue weighted by Gasteiger charge is -2.29. The van der Waals surface area contributed by atoms with Gasteiger partial charge in [-0.05, 0) is 54.8 Å². The van der Waals surface area contributed by atoms with Crippen molar-refractivity contribution in [2.24, 2.45) is 0 Å². The number of Topliss-reactive ketones (excluding diaryl/α,β-unsaturated/α-hetero) is 1. The van der Waals surface area contributed by atoms with Crippen LogP contribution in [-0.4, -0.2) is 79.7 Å². The average molecular weight is 507 g/mol. The monoisotopic (exact) mass is 506 g/mol. The number of benzene rings is 2. The second kappa shape index (κ2) is 12.1. The van der Waals surface area contributed by atoms with E-state index in [-0.39, 0.29) is 11.3 Å². The Labute approximate surface area is 217 Å². The topological polar surface area (TPSA) is 88.5 Å². The summed E-state index contributed by atoms with van der Waals surface area (Å²) in [6, 6.07) is 11.8. The van der Waals surface area contributed by atoms with Gasteiger partial charge in [0.25, 0.3) is 11.7 Å². The number of likely N-dealkylation sites (tertiary alicyclic amines) is 1. The SMILES string of the molecule is C=CCOc1ccc(C(O)=C2C(=O)C(=O)N(CCCN3CCOCC3)[C@@H]2c2ccc(OC)cc2)c(C)c1. The second-order valence-corrected chi connectivity index (χ2v) is 9.15. The zero-order valence-corrected chi connectivity index (χ0v) is 21.4. The number of aryl methyl sites for hydroxylation is 1. The van der Waals surface area contributed by atoms with E-state index in [0.29, 0.717) is 49.8 Å². The van der Waals surface area contributed by atoms with Gasteiger partial charge in [-0.1, -0.05) is 24.8 Å². The van der Waals surface area contributed by atoms with Crippen molar-refractivity contribution >= 4 is 17.4 Å². The molecule has 2 heterocycles. The molecule has 2 aliphatic heterocycles. The molecule has 0 saturated carbocycles. The van der Waals surface area contributed by atoms with E-state index in [1.165, 1.54) is 0 Å². The Morgan fingerprint density at radius 1 is 1.11 bits per heavy atom.